The monoisotopic (exact) mass is 310 g/mol. The smallest absolute Gasteiger partial charge is 0.400 e. The maximum atomic E-state index is 14.2. The number of nitrogens with one attached hydrogen (secondary N) is 1. The molecular weight excluding hydrogens is 296 g/mol. The minimum atomic E-state index is -1.20. The molecule has 0 saturated carbocycles. The van der Waals surface area contributed by atoms with Crippen LogP contribution >= 0.6 is 0 Å². The standard InChI is InChI=1S/C16H14BFN3O2/c18-12-8-10(4-6-16(22)23)21-15(12)9-11-3-5-14(20(11)17-21)13-2-1-7-19-13/h1-3,5,7-9,12,19H,4,6H2,(H,22,23). The Morgan fingerprint density at radius 1 is 1.39 bits per heavy atom. The summed E-state index contributed by atoms with van der Waals surface area (Å²) in [6, 6.07) is 7.81. The third-order valence-corrected chi connectivity index (χ3v) is 4.15. The summed E-state index contributed by atoms with van der Waals surface area (Å²) in [5.74, 6) is -0.885. The van der Waals surface area contributed by atoms with Crippen molar-refractivity contribution < 1.29 is 14.3 Å². The number of alkyl halides is 1. The number of halogens is 1. The molecule has 1 atom stereocenters. The van der Waals surface area contributed by atoms with Gasteiger partial charge in [-0.1, -0.05) is 0 Å². The third-order valence-electron chi connectivity index (χ3n) is 4.15. The Balaban J connectivity index is 1.68. The second-order valence-corrected chi connectivity index (χ2v) is 5.61. The lowest BCUT2D eigenvalue weighted by Crippen LogP contribution is -2.34. The first kappa shape index (κ1) is 13.9. The lowest BCUT2D eigenvalue weighted by atomic mass is 9.98. The Kier molecular flexibility index (Phi) is 3.14. The Hall–Kier alpha value is -2.70. The molecule has 0 fully saturated rings. The van der Waals surface area contributed by atoms with Crippen molar-refractivity contribution in [1.29, 1.82) is 0 Å². The van der Waals surface area contributed by atoms with Gasteiger partial charge in [0.05, 0.1) is 17.8 Å². The fourth-order valence-electron chi connectivity index (χ4n) is 3.05. The van der Waals surface area contributed by atoms with Gasteiger partial charge in [-0.15, -0.1) is 0 Å². The van der Waals surface area contributed by atoms with Gasteiger partial charge in [0.25, 0.3) is 0 Å². The molecule has 2 aliphatic rings. The summed E-state index contributed by atoms with van der Waals surface area (Å²) in [7, 11) is 1.83. The molecule has 4 rings (SSSR count). The number of nitrogens with zero attached hydrogens (tertiary/aromatic N) is 2. The number of allylic oxidation sites excluding steroid dienone is 2. The van der Waals surface area contributed by atoms with Crippen molar-refractivity contribution in [3.8, 4) is 11.4 Å². The quantitative estimate of drug-likeness (QED) is 0.853. The molecule has 0 aliphatic carbocycles. The van der Waals surface area contributed by atoms with Crippen LogP contribution in [0.4, 0.5) is 4.39 Å². The molecule has 4 heterocycles. The number of hydrogen-bond donors (Lipinski definition) is 2. The Bertz CT molecular complexity index is 823. The zero-order valence-electron chi connectivity index (χ0n) is 12.2. The second-order valence-electron chi connectivity index (χ2n) is 5.61. The highest BCUT2D eigenvalue weighted by Crippen LogP contribution is 2.36. The minimum Gasteiger partial charge on any atom is -0.481 e. The van der Waals surface area contributed by atoms with Crippen molar-refractivity contribution in [3.05, 3.63) is 53.6 Å². The van der Waals surface area contributed by atoms with Crippen LogP contribution in [0.2, 0.25) is 0 Å². The highest BCUT2D eigenvalue weighted by molar-refractivity contribution is 6.34. The predicted octanol–water partition coefficient (Wildman–Crippen LogP) is 2.62. The van der Waals surface area contributed by atoms with E-state index in [2.05, 4.69) is 4.98 Å². The van der Waals surface area contributed by atoms with Crippen LogP contribution in [-0.4, -0.2) is 39.1 Å². The highest BCUT2D eigenvalue weighted by atomic mass is 19.1. The Morgan fingerprint density at radius 3 is 3.00 bits per heavy atom. The van der Waals surface area contributed by atoms with Gasteiger partial charge in [0.15, 0.2) is 6.17 Å². The molecule has 115 valence electrons. The molecule has 7 heteroatoms. The van der Waals surface area contributed by atoms with Crippen LogP contribution in [0.25, 0.3) is 17.5 Å². The normalized spacial score (nSPS) is 18.8. The van der Waals surface area contributed by atoms with Crippen molar-refractivity contribution in [2.24, 2.45) is 0 Å². The molecule has 0 amide bonds. The molecule has 1 radical (unpaired) electrons. The molecule has 23 heavy (non-hydrogen) atoms. The molecular formula is C16H14BFN3O2. The van der Waals surface area contributed by atoms with Crippen LogP contribution in [0.3, 0.4) is 0 Å². The van der Waals surface area contributed by atoms with Gasteiger partial charge in [-0.2, -0.15) is 0 Å². The first-order valence-corrected chi connectivity index (χ1v) is 7.41. The molecule has 2 aromatic rings. The molecule has 2 N–H and O–H groups in total. The molecule has 1 unspecified atom stereocenters. The van der Waals surface area contributed by atoms with Crippen LogP contribution in [0, 0.1) is 0 Å². The summed E-state index contributed by atoms with van der Waals surface area (Å²) in [6.07, 6.45) is 4.24. The van der Waals surface area contributed by atoms with Gasteiger partial charge in [0, 0.05) is 23.3 Å². The largest absolute Gasteiger partial charge is 0.481 e. The van der Waals surface area contributed by atoms with Crippen LogP contribution in [0.5, 0.6) is 0 Å². The lowest BCUT2D eigenvalue weighted by Gasteiger charge is -2.29. The molecule has 0 spiro atoms. The Labute approximate surface area is 133 Å². The van der Waals surface area contributed by atoms with Gasteiger partial charge in [-0.05, 0) is 42.8 Å². The van der Waals surface area contributed by atoms with Crippen molar-refractivity contribution >= 4 is 19.6 Å². The topological polar surface area (TPSA) is 61.3 Å². The van der Waals surface area contributed by atoms with E-state index in [9.17, 15) is 9.18 Å². The van der Waals surface area contributed by atoms with Gasteiger partial charge in [0.1, 0.15) is 0 Å². The SMILES string of the molecule is O=C(O)CCC1=CC(F)C2=Cc3ccc(-c4ccc[nH]4)n3[B]N12. The second kappa shape index (κ2) is 5.19. The fourth-order valence-corrected chi connectivity index (χ4v) is 3.05. The highest BCUT2D eigenvalue weighted by Gasteiger charge is 2.34. The average molecular weight is 310 g/mol. The number of aromatic amines is 1. The zero-order chi connectivity index (χ0) is 16.0. The number of aliphatic carboxylic acids is 1. The predicted molar refractivity (Wildman–Crippen MR) is 85.0 cm³/mol. The van der Waals surface area contributed by atoms with Gasteiger partial charge in [0.2, 0.25) is 0 Å². The van der Waals surface area contributed by atoms with Gasteiger partial charge in [-0.3, -0.25) is 4.79 Å². The van der Waals surface area contributed by atoms with Gasteiger partial charge in [-0.25, -0.2) is 4.39 Å². The number of carbonyl (C=O) groups is 1. The number of aromatic nitrogens is 2. The Morgan fingerprint density at radius 2 is 2.26 bits per heavy atom. The molecule has 0 bridgehead atoms. The van der Waals surface area contributed by atoms with Crippen molar-refractivity contribution in [3.63, 3.8) is 0 Å². The van der Waals surface area contributed by atoms with E-state index in [1.54, 1.807) is 10.9 Å². The number of carboxylic acid groups (broad SMARTS) is 1. The molecule has 2 aliphatic heterocycles. The van der Waals surface area contributed by atoms with E-state index in [0.717, 1.165) is 17.1 Å². The summed E-state index contributed by atoms with van der Waals surface area (Å²) in [5.41, 5.74) is 4.06. The third kappa shape index (κ3) is 2.28. The minimum absolute atomic E-state index is 0.0157. The number of H-pyrrole nitrogens is 1. The van der Waals surface area contributed by atoms with E-state index in [1.165, 1.54) is 6.08 Å². The summed E-state index contributed by atoms with van der Waals surface area (Å²) in [5, 5.41) is 8.86. The molecule has 2 aromatic heterocycles. The first-order chi connectivity index (χ1) is 11.1. The summed E-state index contributed by atoms with van der Waals surface area (Å²) < 4.78 is 16.2. The van der Waals surface area contributed by atoms with E-state index in [-0.39, 0.29) is 6.42 Å². The lowest BCUT2D eigenvalue weighted by molar-refractivity contribution is -0.137. The van der Waals surface area contributed by atoms with Crippen LogP contribution < -0.4 is 0 Å². The summed E-state index contributed by atoms with van der Waals surface area (Å²) in [6.45, 7) is 0. The van der Waals surface area contributed by atoms with Crippen LogP contribution in [0.15, 0.2) is 47.9 Å². The zero-order valence-corrected chi connectivity index (χ0v) is 12.2. The van der Waals surface area contributed by atoms with Crippen molar-refractivity contribution in [1.82, 2.24) is 14.3 Å². The van der Waals surface area contributed by atoms with E-state index < -0.39 is 12.1 Å². The number of rotatable bonds is 4. The maximum absolute atomic E-state index is 14.2. The summed E-state index contributed by atoms with van der Waals surface area (Å²) in [4.78, 5) is 15.7. The number of carboxylic acids is 1. The van der Waals surface area contributed by atoms with Crippen LogP contribution in [-0.2, 0) is 4.79 Å². The van der Waals surface area contributed by atoms with E-state index in [4.69, 9.17) is 5.11 Å². The fraction of sp³-hybridized carbons (Fsp3) is 0.188. The molecule has 0 saturated heterocycles. The van der Waals surface area contributed by atoms with Crippen molar-refractivity contribution in [2.45, 2.75) is 19.0 Å². The molecule has 5 nitrogen and oxygen atoms in total. The van der Waals surface area contributed by atoms with E-state index in [1.807, 2.05) is 42.5 Å². The van der Waals surface area contributed by atoms with Crippen LogP contribution in [0.1, 0.15) is 18.5 Å². The first-order valence-electron chi connectivity index (χ1n) is 7.41. The van der Waals surface area contributed by atoms with Crippen molar-refractivity contribution in [2.75, 3.05) is 0 Å². The molecule has 0 aromatic carbocycles. The summed E-state index contributed by atoms with van der Waals surface area (Å²) >= 11 is 0. The maximum Gasteiger partial charge on any atom is 0.400 e. The average Bonchev–Trinajstić information content (AvgIpc) is 3.22. The van der Waals surface area contributed by atoms with Gasteiger partial charge < -0.3 is 19.4 Å². The number of hydrogen-bond acceptors (Lipinski definition) is 2. The number of fused-ring (bicyclic) bond motifs is 2. The van der Waals surface area contributed by atoms with E-state index >= 15 is 0 Å². The van der Waals surface area contributed by atoms with Gasteiger partial charge >= 0.3 is 13.5 Å². The van der Waals surface area contributed by atoms with E-state index in [0.29, 0.717) is 17.8 Å².